The van der Waals surface area contributed by atoms with Crippen LogP contribution in [0.25, 0.3) is 6.08 Å². The van der Waals surface area contributed by atoms with Crippen molar-refractivity contribution in [1.29, 1.82) is 0 Å². The van der Waals surface area contributed by atoms with Gasteiger partial charge < -0.3 is 14.4 Å². The first-order valence-electron chi connectivity index (χ1n) is 11.5. The summed E-state index contributed by atoms with van der Waals surface area (Å²) in [5.41, 5.74) is 2.88. The SMILES string of the molecule is O=C(c1ccc2c(c1)OCO2)[C@@H]1[C@@H]2C(=O)N(c3ccccc3)C(=O)[C@@H]2C2c3ccccc3C=CN21. The zero-order chi connectivity index (χ0) is 23.7. The van der Waals surface area contributed by atoms with Crippen LogP contribution in [0.1, 0.15) is 27.5 Å². The third-order valence-electron chi connectivity index (χ3n) is 7.40. The lowest BCUT2D eigenvalue weighted by Crippen LogP contribution is -2.44. The second kappa shape index (κ2) is 7.30. The van der Waals surface area contributed by atoms with Gasteiger partial charge in [-0.3, -0.25) is 14.4 Å². The molecule has 0 aromatic heterocycles. The molecule has 0 aliphatic carbocycles. The molecule has 0 radical (unpaired) electrons. The van der Waals surface area contributed by atoms with E-state index in [9.17, 15) is 14.4 Å². The third kappa shape index (κ3) is 2.75. The van der Waals surface area contributed by atoms with E-state index in [-0.39, 0.29) is 24.4 Å². The Labute approximate surface area is 201 Å². The van der Waals surface area contributed by atoms with Crippen molar-refractivity contribution in [1.82, 2.24) is 4.90 Å². The number of anilines is 1. The lowest BCUT2D eigenvalue weighted by molar-refractivity contribution is -0.123. The average molecular weight is 464 g/mol. The van der Waals surface area contributed by atoms with Gasteiger partial charge in [0.15, 0.2) is 17.3 Å². The number of hydrogen-bond donors (Lipinski definition) is 0. The van der Waals surface area contributed by atoms with E-state index in [1.54, 1.807) is 42.5 Å². The fourth-order valence-corrected chi connectivity index (χ4v) is 5.91. The molecule has 7 heteroatoms. The van der Waals surface area contributed by atoms with Crippen molar-refractivity contribution in [2.75, 3.05) is 11.7 Å². The predicted molar refractivity (Wildman–Crippen MR) is 127 cm³/mol. The molecule has 4 heterocycles. The van der Waals surface area contributed by atoms with E-state index >= 15 is 0 Å². The van der Waals surface area contributed by atoms with E-state index in [1.165, 1.54) is 4.90 Å². The van der Waals surface area contributed by atoms with Crippen LogP contribution >= 0.6 is 0 Å². The van der Waals surface area contributed by atoms with Gasteiger partial charge in [0, 0.05) is 11.8 Å². The number of ketones is 1. The summed E-state index contributed by atoms with van der Waals surface area (Å²) in [4.78, 5) is 44.8. The van der Waals surface area contributed by atoms with Crippen molar-refractivity contribution in [3.05, 3.63) is 95.7 Å². The van der Waals surface area contributed by atoms with E-state index < -0.39 is 23.9 Å². The molecule has 0 bridgehead atoms. The van der Waals surface area contributed by atoms with Gasteiger partial charge in [0.05, 0.1) is 23.6 Å². The summed E-state index contributed by atoms with van der Waals surface area (Å²) in [7, 11) is 0. The summed E-state index contributed by atoms with van der Waals surface area (Å²) in [6, 6.07) is 20.6. The molecular weight excluding hydrogens is 444 g/mol. The molecule has 2 saturated heterocycles. The molecule has 2 fully saturated rings. The summed E-state index contributed by atoms with van der Waals surface area (Å²) in [5.74, 6) is -1.23. The largest absolute Gasteiger partial charge is 0.454 e. The Morgan fingerprint density at radius 1 is 0.829 bits per heavy atom. The normalized spacial score (nSPS) is 25.5. The minimum Gasteiger partial charge on any atom is -0.454 e. The molecule has 2 amide bonds. The van der Waals surface area contributed by atoms with Gasteiger partial charge in [-0.15, -0.1) is 0 Å². The summed E-state index contributed by atoms with van der Waals surface area (Å²) >= 11 is 0. The Bertz CT molecular complexity index is 1430. The van der Waals surface area contributed by atoms with Gasteiger partial charge in [0.2, 0.25) is 18.6 Å². The molecule has 35 heavy (non-hydrogen) atoms. The van der Waals surface area contributed by atoms with Crippen LogP contribution in [0.5, 0.6) is 11.5 Å². The van der Waals surface area contributed by atoms with Crippen LogP contribution in [-0.2, 0) is 9.59 Å². The van der Waals surface area contributed by atoms with Gasteiger partial charge in [0.25, 0.3) is 0 Å². The van der Waals surface area contributed by atoms with Crippen LogP contribution in [0.3, 0.4) is 0 Å². The number of rotatable bonds is 3. The molecule has 4 atom stereocenters. The number of ether oxygens (including phenoxy) is 2. The van der Waals surface area contributed by atoms with Gasteiger partial charge >= 0.3 is 0 Å². The van der Waals surface area contributed by atoms with Crippen LogP contribution in [0, 0.1) is 11.8 Å². The van der Waals surface area contributed by atoms with Crippen molar-refractivity contribution in [2.45, 2.75) is 12.1 Å². The number of carbonyl (C=O) groups is 3. The Balaban J connectivity index is 1.37. The highest BCUT2D eigenvalue weighted by Crippen LogP contribution is 2.53. The van der Waals surface area contributed by atoms with Crippen LogP contribution in [-0.4, -0.2) is 35.3 Å². The zero-order valence-electron chi connectivity index (χ0n) is 18.5. The first-order chi connectivity index (χ1) is 17.1. The Morgan fingerprint density at radius 2 is 1.57 bits per heavy atom. The van der Waals surface area contributed by atoms with Crippen molar-refractivity contribution in [3.63, 3.8) is 0 Å². The Kier molecular flexibility index (Phi) is 4.18. The van der Waals surface area contributed by atoms with Crippen molar-refractivity contribution in [3.8, 4) is 11.5 Å². The molecule has 172 valence electrons. The number of Topliss-reactive ketones (excluding diaryl/α,β-unsaturated/α-hetero) is 1. The highest BCUT2D eigenvalue weighted by molar-refractivity contribution is 6.24. The van der Waals surface area contributed by atoms with Crippen LogP contribution in [0.15, 0.2) is 79.0 Å². The maximum Gasteiger partial charge on any atom is 0.240 e. The van der Waals surface area contributed by atoms with Crippen molar-refractivity contribution < 1.29 is 23.9 Å². The molecule has 0 saturated carbocycles. The first kappa shape index (κ1) is 20.0. The number of amides is 2. The highest BCUT2D eigenvalue weighted by Gasteiger charge is 2.64. The lowest BCUT2D eigenvalue weighted by Gasteiger charge is -2.35. The van der Waals surface area contributed by atoms with E-state index in [0.29, 0.717) is 22.7 Å². The minimum atomic E-state index is -0.819. The summed E-state index contributed by atoms with van der Waals surface area (Å²) in [6.07, 6.45) is 3.80. The topological polar surface area (TPSA) is 76.1 Å². The number of nitrogens with zero attached hydrogens (tertiary/aromatic N) is 2. The second-order valence-electron chi connectivity index (χ2n) is 9.11. The van der Waals surface area contributed by atoms with Crippen molar-refractivity contribution in [2.24, 2.45) is 11.8 Å². The van der Waals surface area contributed by atoms with Gasteiger partial charge in [-0.25, -0.2) is 4.90 Å². The standard InChI is InChI=1S/C28H20N2O5/c31-26(17-10-11-20-21(14-17)35-15-34-20)25-23-22(24-19-9-5-4-6-16(19)12-13-29(24)25)27(32)30(28(23)33)18-7-2-1-3-8-18/h1-14,22-25H,15H2/t22-,23+,24?,25-/m0/s1. The van der Waals surface area contributed by atoms with E-state index in [0.717, 1.165) is 11.1 Å². The molecule has 3 aromatic rings. The number of hydrogen-bond acceptors (Lipinski definition) is 6. The van der Waals surface area contributed by atoms with Gasteiger partial charge in [-0.1, -0.05) is 42.5 Å². The summed E-state index contributed by atoms with van der Waals surface area (Å²) < 4.78 is 10.9. The number of para-hydroxylation sites is 1. The molecule has 7 rings (SSSR count). The molecule has 0 N–H and O–H groups in total. The molecule has 3 aromatic carbocycles. The quantitative estimate of drug-likeness (QED) is 0.433. The number of benzene rings is 3. The van der Waals surface area contributed by atoms with Gasteiger partial charge in [-0.2, -0.15) is 0 Å². The number of carbonyl (C=O) groups excluding carboxylic acids is 3. The number of imide groups is 1. The lowest BCUT2D eigenvalue weighted by atomic mass is 9.83. The summed E-state index contributed by atoms with van der Waals surface area (Å²) in [5, 5.41) is 0. The molecule has 1 unspecified atom stereocenters. The summed E-state index contributed by atoms with van der Waals surface area (Å²) in [6.45, 7) is 0.105. The molecule has 0 spiro atoms. The fraction of sp³-hybridized carbons (Fsp3) is 0.179. The van der Waals surface area contributed by atoms with Crippen LogP contribution < -0.4 is 14.4 Å². The second-order valence-corrected chi connectivity index (χ2v) is 9.11. The molecule has 7 nitrogen and oxygen atoms in total. The molecular formula is C28H20N2O5. The van der Waals surface area contributed by atoms with Crippen LogP contribution in [0.2, 0.25) is 0 Å². The molecule has 4 aliphatic heterocycles. The zero-order valence-corrected chi connectivity index (χ0v) is 18.5. The Hall–Kier alpha value is -4.39. The minimum absolute atomic E-state index is 0.105. The maximum absolute atomic E-state index is 14.0. The van der Waals surface area contributed by atoms with Gasteiger partial charge in [-0.05, 0) is 47.5 Å². The monoisotopic (exact) mass is 464 g/mol. The Morgan fingerprint density at radius 3 is 2.43 bits per heavy atom. The van der Waals surface area contributed by atoms with E-state index in [2.05, 4.69) is 0 Å². The molecule has 4 aliphatic rings. The smallest absolute Gasteiger partial charge is 0.240 e. The average Bonchev–Trinajstić information content (AvgIpc) is 3.57. The highest BCUT2D eigenvalue weighted by atomic mass is 16.7. The van der Waals surface area contributed by atoms with Gasteiger partial charge in [0.1, 0.15) is 6.04 Å². The predicted octanol–water partition coefficient (Wildman–Crippen LogP) is 3.81. The van der Waals surface area contributed by atoms with Crippen molar-refractivity contribution >= 4 is 29.4 Å². The fourth-order valence-electron chi connectivity index (χ4n) is 5.91. The maximum atomic E-state index is 14.0. The van der Waals surface area contributed by atoms with E-state index in [4.69, 9.17) is 9.47 Å². The third-order valence-corrected chi connectivity index (χ3v) is 7.40. The van der Waals surface area contributed by atoms with Crippen LogP contribution in [0.4, 0.5) is 5.69 Å². The first-order valence-corrected chi connectivity index (χ1v) is 11.5. The number of fused-ring (bicyclic) bond motifs is 6. The van der Waals surface area contributed by atoms with E-state index in [1.807, 2.05) is 47.5 Å².